The lowest BCUT2D eigenvalue weighted by Crippen LogP contribution is -2.43. The average Bonchev–Trinajstić information content (AvgIpc) is 3.17. The molecule has 1 saturated heterocycles. The largest absolute Gasteiger partial charge is 0.332 e. The lowest BCUT2D eigenvalue weighted by atomic mass is 10.1. The summed E-state index contributed by atoms with van der Waals surface area (Å²) in [5.41, 5.74) is 1.78. The van der Waals surface area contributed by atoms with Crippen molar-refractivity contribution in [1.29, 1.82) is 0 Å². The van der Waals surface area contributed by atoms with Gasteiger partial charge >= 0.3 is 0 Å². The van der Waals surface area contributed by atoms with Crippen LogP contribution < -0.4 is 0 Å². The summed E-state index contributed by atoms with van der Waals surface area (Å²) >= 11 is 2.20. The van der Waals surface area contributed by atoms with Crippen molar-refractivity contribution in [2.24, 2.45) is 0 Å². The summed E-state index contributed by atoms with van der Waals surface area (Å²) in [4.78, 5) is 14.8. The van der Waals surface area contributed by atoms with Crippen LogP contribution in [0.25, 0.3) is 0 Å². The third-order valence-electron chi connectivity index (χ3n) is 4.20. The molecule has 0 aromatic heterocycles. The van der Waals surface area contributed by atoms with Crippen LogP contribution in [0.2, 0.25) is 0 Å². The van der Waals surface area contributed by atoms with E-state index in [1.165, 1.54) is 0 Å². The first-order chi connectivity index (χ1) is 9.89. The van der Waals surface area contributed by atoms with Crippen molar-refractivity contribution in [3.05, 3.63) is 32.9 Å². The molecule has 1 atom stereocenters. The van der Waals surface area contributed by atoms with Crippen LogP contribution in [-0.4, -0.2) is 42.8 Å². The quantitative estimate of drug-likeness (QED) is 0.708. The molecule has 1 aliphatic heterocycles. The molecule has 3 rings (SSSR count). The Bertz CT molecular complexity index is 682. The van der Waals surface area contributed by atoms with Gasteiger partial charge in [0.25, 0.3) is 5.91 Å². The highest BCUT2D eigenvalue weighted by Gasteiger charge is 2.42. The van der Waals surface area contributed by atoms with Crippen molar-refractivity contribution in [1.82, 2.24) is 4.90 Å². The predicted molar refractivity (Wildman–Crippen MR) is 90.1 cm³/mol. The Morgan fingerprint density at radius 1 is 1.24 bits per heavy atom. The van der Waals surface area contributed by atoms with Gasteiger partial charge in [0, 0.05) is 15.7 Å². The van der Waals surface area contributed by atoms with Gasteiger partial charge < -0.3 is 4.90 Å². The molecule has 1 heterocycles. The van der Waals surface area contributed by atoms with Crippen LogP contribution in [0.3, 0.4) is 0 Å². The Labute approximate surface area is 139 Å². The topological polar surface area (TPSA) is 54.5 Å². The lowest BCUT2D eigenvalue weighted by molar-refractivity contribution is 0.0679. The summed E-state index contributed by atoms with van der Waals surface area (Å²) in [6, 6.07) is 5.80. The number of halogens is 1. The summed E-state index contributed by atoms with van der Waals surface area (Å²) in [6.45, 7) is 1.99. The van der Waals surface area contributed by atoms with E-state index in [9.17, 15) is 13.2 Å². The number of sulfone groups is 1. The zero-order chi connectivity index (χ0) is 15.2. The lowest BCUT2D eigenvalue weighted by Gasteiger charge is -2.29. The van der Waals surface area contributed by atoms with Crippen LogP contribution in [0.15, 0.2) is 18.2 Å². The van der Waals surface area contributed by atoms with E-state index in [-0.39, 0.29) is 29.5 Å². The molecule has 21 heavy (non-hydrogen) atoms. The minimum absolute atomic E-state index is 0.00676. The van der Waals surface area contributed by atoms with Gasteiger partial charge in [0.1, 0.15) is 0 Å². The van der Waals surface area contributed by atoms with Crippen molar-refractivity contribution in [2.45, 2.75) is 38.3 Å². The fourth-order valence-electron chi connectivity index (χ4n) is 2.93. The Morgan fingerprint density at radius 3 is 2.52 bits per heavy atom. The number of nitrogens with zero attached hydrogens (tertiary/aromatic N) is 1. The molecule has 1 unspecified atom stereocenters. The van der Waals surface area contributed by atoms with Gasteiger partial charge in [-0.2, -0.15) is 0 Å². The molecule has 2 fully saturated rings. The van der Waals surface area contributed by atoms with Crippen molar-refractivity contribution >= 4 is 38.3 Å². The molecule has 2 aliphatic rings. The minimum Gasteiger partial charge on any atom is -0.332 e. The first-order valence-electron chi connectivity index (χ1n) is 7.17. The predicted octanol–water partition coefficient (Wildman–Crippen LogP) is 2.39. The molecule has 6 heteroatoms. The second-order valence-corrected chi connectivity index (χ2v) is 9.24. The van der Waals surface area contributed by atoms with Gasteiger partial charge in [-0.1, -0.05) is 12.1 Å². The van der Waals surface area contributed by atoms with E-state index in [0.717, 1.165) is 22.0 Å². The van der Waals surface area contributed by atoms with E-state index in [1.54, 1.807) is 0 Å². The summed E-state index contributed by atoms with van der Waals surface area (Å²) < 4.78 is 24.4. The SMILES string of the molecule is Cc1cccc(C(=O)N(C2CC2)C2CCS(=O)(=O)C2)c1I. The average molecular weight is 419 g/mol. The normalized spacial score (nSPS) is 24.0. The third kappa shape index (κ3) is 3.11. The van der Waals surface area contributed by atoms with Gasteiger partial charge in [0.15, 0.2) is 9.84 Å². The third-order valence-corrected chi connectivity index (χ3v) is 7.38. The fourth-order valence-corrected chi connectivity index (χ4v) is 5.23. The van der Waals surface area contributed by atoms with E-state index in [2.05, 4.69) is 22.6 Å². The van der Waals surface area contributed by atoms with Crippen LogP contribution >= 0.6 is 22.6 Å². The van der Waals surface area contributed by atoms with Crippen LogP contribution in [0, 0.1) is 10.5 Å². The molecule has 0 radical (unpaired) electrons. The molecule has 0 spiro atoms. The highest BCUT2D eigenvalue weighted by Crippen LogP contribution is 2.34. The van der Waals surface area contributed by atoms with Gasteiger partial charge in [0.2, 0.25) is 0 Å². The van der Waals surface area contributed by atoms with Gasteiger partial charge in [0.05, 0.1) is 17.1 Å². The zero-order valence-corrected chi connectivity index (χ0v) is 14.9. The van der Waals surface area contributed by atoms with Gasteiger partial charge in [-0.25, -0.2) is 8.42 Å². The van der Waals surface area contributed by atoms with Gasteiger partial charge in [-0.15, -0.1) is 0 Å². The highest BCUT2D eigenvalue weighted by molar-refractivity contribution is 14.1. The summed E-state index contributed by atoms with van der Waals surface area (Å²) in [7, 11) is -2.98. The number of hydrogen-bond acceptors (Lipinski definition) is 3. The molecule has 1 saturated carbocycles. The van der Waals surface area contributed by atoms with E-state index < -0.39 is 9.84 Å². The maximum absolute atomic E-state index is 12.9. The molecule has 1 aliphatic carbocycles. The number of carbonyl (C=O) groups is 1. The van der Waals surface area contributed by atoms with E-state index in [4.69, 9.17) is 0 Å². The number of benzene rings is 1. The summed E-state index contributed by atoms with van der Waals surface area (Å²) in [6.07, 6.45) is 2.56. The molecular weight excluding hydrogens is 401 g/mol. The first kappa shape index (κ1) is 15.3. The van der Waals surface area contributed by atoms with Crippen LogP contribution in [-0.2, 0) is 9.84 Å². The molecule has 1 amide bonds. The van der Waals surface area contributed by atoms with Crippen LogP contribution in [0.4, 0.5) is 0 Å². The van der Waals surface area contributed by atoms with E-state index in [1.807, 2.05) is 30.0 Å². The Morgan fingerprint density at radius 2 is 1.95 bits per heavy atom. The minimum atomic E-state index is -2.98. The first-order valence-corrected chi connectivity index (χ1v) is 10.1. The number of aryl methyl sites for hydroxylation is 1. The van der Waals surface area contributed by atoms with E-state index in [0.29, 0.717) is 12.0 Å². The Kier molecular flexibility index (Phi) is 4.02. The second-order valence-electron chi connectivity index (χ2n) is 5.94. The molecule has 1 aromatic carbocycles. The smallest absolute Gasteiger partial charge is 0.255 e. The van der Waals surface area contributed by atoms with Crippen LogP contribution in [0.1, 0.15) is 35.2 Å². The molecule has 4 nitrogen and oxygen atoms in total. The molecule has 1 aromatic rings. The van der Waals surface area contributed by atoms with Crippen molar-refractivity contribution in [3.63, 3.8) is 0 Å². The Hall–Kier alpha value is -0.630. The number of hydrogen-bond donors (Lipinski definition) is 0. The summed E-state index contributed by atoms with van der Waals surface area (Å²) in [5.74, 6) is 0.323. The maximum atomic E-state index is 12.9. The van der Waals surface area contributed by atoms with Gasteiger partial charge in [-0.3, -0.25) is 4.79 Å². The number of amides is 1. The zero-order valence-electron chi connectivity index (χ0n) is 11.9. The fraction of sp³-hybridized carbons (Fsp3) is 0.533. The standard InChI is InChI=1S/C15H18INO3S/c1-10-3-2-4-13(14(10)16)15(18)17(11-5-6-11)12-7-8-21(19,20)9-12/h2-4,11-12H,5-9H2,1H3. The molecule has 114 valence electrons. The van der Waals surface area contributed by atoms with Crippen molar-refractivity contribution < 1.29 is 13.2 Å². The monoisotopic (exact) mass is 419 g/mol. The van der Waals surface area contributed by atoms with E-state index >= 15 is 0 Å². The van der Waals surface area contributed by atoms with Crippen molar-refractivity contribution in [3.8, 4) is 0 Å². The molecular formula is C15H18INO3S. The van der Waals surface area contributed by atoms with Crippen LogP contribution in [0.5, 0.6) is 0 Å². The second kappa shape index (κ2) is 5.53. The summed E-state index contributed by atoms with van der Waals surface area (Å²) in [5, 5.41) is 0. The number of carbonyl (C=O) groups excluding carboxylic acids is 1. The maximum Gasteiger partial charge on any atom is 0.255 e. The highest BCUT2D eigenvalue weighted by atomic mass is 127. The number of rotatable bonds is 3. The Balaban J connectivity index is 1.91. The molecule has 0 bridgehead atoms. The van der Waals surface area contributed by atoms with Gasteiger partial charge in [-0.05, 0) is 60.4 Å². The van der Waals surface area contributed by atoms with Crippen molar-refractivity contribution in [2.75, 3.05) is 11.5 Å². The molecule has 0 N–H and O–H groups in total.